The number of carbonyl (C=O) groups is 1. The van der Waals surface area contributed by atoms with Crippen molar-refractivity contribution < 1.29 is 4.79 Å². The number of rotatable bonds is 1. The van der Waals surface area contributed by atoms with Crippen LogP contribution in [0.1, 0.15) is 6.92 Å². The fraction of sp³-hybridized carbons (Fsp3) is 0.143. The highest BCUT2D eigenvalue weighted by molar-refractivity contribution is 14.1. The average Bonchev–Trinajstić information content (AvgIpc) is 1.94. The van der Waals surface area contributed by atoms with Gasteiger partial charge in [0.1, 0.15) is 8.85 Å². The van der Waals surface area contributed by atoms with Crippen molar-refractivity contribution in [3.8, 4) is 0 Å². The lowest BCUT2D eigenvalue weighted by Crippen LogP contribution is -2.07. The Morgan fingerprint density at radius 1 is 1.67 bits per heavy atom. The van der Waals surface area contributed by atoms with Gasteiger partial charge in [-0.3, -0.25) is 4.79 Å². The van der Waals surface area contributed by atoms with Crippen LogP contribution in [0.4, 0.5) is 5.69 Å². The van der Waals surface area contributed by atoms with Gasteiger partial charge in [-0.05, 0) is 34.7 Å². The van der Waals surface area contributed by atoms with E-state index in [1.54, 1.807) is 12.1 Å². The fourth-order valence-electron chi connectivity index (χ4n) is 0.695. The van der Waals surface area contributed by atoms with E-state index in [9.17, 15) is 4.79 Å². The summed E-state index contributed by atoms with van der Waals surface area (Å²) >= 11 is 7.63. The van der Waals surface area contributed by atoms with Gasteiger partial charge in [-0.15, -0.1) is 0 Å². The summed E-state index contributed by atoms with van der Waals surface area (Å²) in [6, 6.07) is 3.35. The molecule has 0 fully saturated rings. The number of pyridine rings is 1. The Morgan fingerprint density at radius 3 is 2.83 bits per heavy atom. The van der Waals surface area contributed by atoms with Crippen molar-refractivity contribution in [3.63, 3.8) is 0 Å². The third kappa shape index (κ3) is 2.60. The standard InChI is InChI=1S/C7H6ClIN2O/c1-4(12)10-5-2-3-6(8)11-7(5)9/h2-3H,1H3,(H,10,12). The summed E-state index contributed by atoms with van der Waals surface area (Å²) in [4.78, 5) is 14.6. The first-order valence-electron chi connectivity index (χ1n) is 3.19. The summed E-state index contributed by atoms with van der Waals surface area (Å²) in [5.74, 6) is -0.114. The summed E-state index contributed by atoms with van der Waals surface area (Å²) < 4.78 is 0.690. The molecule has 0 aliphatic carbocycles. The molecule has 12 heavy (non-hydrogen) atoms. The smallest absolute Gasteiger partial charge is 0.221 e. The van der Waals surface area contributed by atoms with Gasteiger partial charge in [0.25, 0.3) is 0 Å². The van der Waals surface area contributed by atoms with Crippen LogP contribution in [-0.2, 0) is 4.79 Å². The summed E-state index contributed by atoms with van der Waals surface area (Å²) in [5.41, 5.74) is 0.688. The van der Waals surface area contributed by atoms with Gasteiger partial charge in [-0.2, -0.15) is 0 Å². The van der Waals surface area contributed by atoms with Crippen LogP contribution >= 0.6 is 34.2 Å². The van der Waals surface area contributed by atoms with Gasteiger partial charge in [0.15, 0.2) is 0 Å². The molecule has 5 heteroatoms. The minimum absolute atomic E-state index is 0.114. The minimum Gasteiger partial charge on any atom is -0.324 e. The number of halogens is 2. The maximum atomic E-state index is 10.7. The highest BCUT2D eigenvalue weighted by atomic mass is 127. The van der Waals surface area contributed by atoms with Crippen molar-refractivity contribution in [2.45, 2.75) is 6.92 Å². The van der Waals surface area contributed by atoms with Crippen LogP contribution in [0.25, 0.3) is 0 Å². The Bertz CT molecular complexity index is 316. The van der Waals surface area contributed by atoms with Crippen LogP contribution in [0.2, 0.25) is 5.15 Å². The minimum atomic E-state index is -0.114. The molecule has 3 nitrogen and oxygen atoms in total. The number of anilines is 1. The van der Waals surface area contributed by atoms with E-state index in [0.29, 0.717) is 14.5 Å². The molecule has 0 radical (unpaired) electrons. The van der Waals surface area contributed by atoms with Gasteiger partial charge in [0.05, 0.1) is 5.69 Å². The van der Waals surface area contributed by atoms with Crippen LogP contribution in [-0.4, -0.2) is 10.9 Å². The lowest BCUT2D eigenvalue weighted by molar-refractivity contribution is -0.114. The Balaban J connectivity index is 2.93. The Labute approximate surface area is 88.7 Å². The normalized spacial score (nSPS) is 9.58. The Morgan fingerprint density at radius 2 is 2.33 bits per heavy atom. The molecule has 0 bridgehead atoms. The van der Waals surface area contributed by atoms with Crippen molar-refractivity contribution in [1.82, 2.24) is 4.98 Å². The highest BCUT2D eigenvalue weighted by Gasteiger charge is 2.02. The van der Waals surface area contributed by atoms with Crippen molar-refractivity contribution in [2.75, 3.05) is 5.32 Å². The first-order valence-corrected chi connectivity index (χ1v) is 4.65. The fourth-order valence-corrected chi connectivity index (χ4v) is 1.56. The molecule has 1 aromatic heterocycles. The maximum Gasteiger partial charge on any atom is 0.221 e. The third-order valence-electron chi connectivity index (χ3n) is 1.13. The van der Waals surface area contributed by atoms with Gasteiger partial charge < -0.3 is 5.32 Å². The second-order valence-electron chi connectivity index (χ2n) is 2.15. The molecule has 0 saturated heterocycles. The van der Waals surface area contributed by atoms with Crippen LogP contribution in [0, 0.1) is 3.70 Å². The molecular formula is C7H6ClIN2O. The topological polar surface area (TPSA) is 42.0 Å². The SMILES string of the molecule is CC(=O)Nc1ccc(Cl)nc1I. The number of amides is 1. The second kappa shape index (κ2) is 4.04. The van der Waals surface area contributed by atoms with Gasteiger partial charge in [0.2, 0.25) is 5.91 Å². The average molecular weight is 296 g/mol. The van der Waals surface area contributed by atoms with Crippen molar-refractivity contribution in [2.24, 2.45) is 0 Å². The first kappa shape index (κ1) is 9.73. The monoisotopic (exact) mass is 296 g/mol. The zero-order valence-corrected chi connectivity index (χ0v) is 9.18. The van der Waals surface area contributed by atoms with E-state index in [-0.39, 0.29) is 5.91 Å². The van der Waals surface area contributed by atoms with E-state index in [1.165, 1.54) is 6.92 Å². The van der Waals surface area contributed by atoms with Gasteiger partial charge in [-0.1, -0.05) is 11.6 Å². The van der Waals surface area contributed by atoms with Gasteiger partial charge in [-0.25, -0.2) is 4.98 Å². The number of carbonyl (C=O) groups excluding carboxylic acids is 1. The molecule has 1 aromatic rings. The zero-order valence-electron chi connectivity index (χ0n) is 6.27. The van der Waals surface area contributed by atoms with Crippen LogP contribution in [0.5, 0.6) is 0 Å². The molecule has 0 aromatic carbocycles. The highest BCUT2D eigenvalue weighted by Crippen LogP contribution is 2.18. The largest absolute Gasteiger partial charge is 0.324 e. The van der Waals surface area contributed by atoms with Crippen LogP contribution < -0.4 is 5.32 Å². The number of nitrogens with one attached hydrogen (secondary N) is 1. The number of hydrogen-bond acceptors (Lipinski definition) is 2. The summed E-state index contributed by atoms with van der Waals surface area (Å²) in [7, 11) is 0. The molecule has 0 saturated carbocycles. The number of nitrogens with zero attached hydrogens (tertiary/aromatic N) is 1. The van der Waals surface area contributed by atoms with E-state index in [0.717, 1.165) is 0 Å². The number of hydrogen-bond donors (Lipinski definition) is 1. The summed E-state index contributed by atoms with van der Waals surface area (Å²) in [5, 5.41) is 3.06. The molecular weight excluding hydrogens is 290 g/mol. The van der Waals surface area contributed by atoms with Gasteiger partial charge in [0, 0.05) is 6.92 Å². The van der Waals surface area contributed by atoms with Crippen molar-refractivity contribution in [1.29, 1.82) is 0 Å². The summed E-state index contributed by atoms with van der Waals surface area (Å²) in [6.07, 6.45) is 0. The second-order valence-corrected chi connectivity index (χ2v) is 3.56. The van der Waals surface area contributed by atoms with Crippen LogP contribution in [0.15, 0.2) is 12.1 Å². The zero-order chi connectivity index (χ0) is 9.14. The lowest BCUT2D eigenvalue weighted by atomic mass is 10.4. The van der Waals surface area contributed by atoms with E-state index in [2.05, 4.69) is 10.3 Å². The first-order chi connectivity index (χ1) is 5.59. The van der Waals surface area contributed by atoms with Gasteiger partial charge >= 0.3 is 0 Å². The maximum absolute atomic E-state index is 10.7. The van der Waals surface area contributed by atoms with E-state index < -0.39 is 0 Å². The molecule has 0 aliphatic rings. The lowest BCUT2D eigenvalue weighted by Gasteiger charge is -2.03. The molecule has 0 unspecified atom stereocenters. The third-order valence-corrected chi connectivity index (χ3v) is 2.16. The molecule has 0 atom stereocenters. The number of aromatic nitrogens is 1. The van der Waals surface area contributed by atoms with Crippen LogP contribution in [0.3, 0.4) is 0 Å². The van der Waals surface area contributed by atoms with E-state index in [1.807, 2.05) is 22.6 Å². The summed E-state index contributed by atoms with van der Waals surface area (Å²) in [6.45, 7) is 1.45. The molecule has 1 rings (SSSR count). The van der Waals surface area contributed by atoms with E-state index in [4.69, 9.17) is 11.6 Å². The molecule has 0 spiro atoms. The molecule has 1 N–H and O–H groups in total. The molecule has 64 valence electrons. The Kier molecular flexibility index (Phi) is 3.28. The predicted molar refractivity (Wildman–Crippen MR) is 56.3 cm³/mol. The molecule has 1 amide bonds. The molecule has 0 aliphatic heterocycles. The van der Waals surface area contributed by atoms with Crippen molar-refractivity contribution >= 4 is 45.8 Å². The quantitative estimate of drug-likeness (QED) is 0.638. The Hall–Kier alpha value is -0.360. The van der Waals surface area contributed by atoms with E-state index >= 15 is 0 Å². The van der Waals surface area contributed by atoms with Crippen molar-refractivity contribution in [3.05, 3.63) is 21.0 Å². The predicted octanol–water partition coefficient (Wildman–Crippen LogP) is 2.30. The molecule has 1 heterocycles.